The highest BCUT2D eigenvalue weighted by Gasteiger charge is 2.38. The molecule has 0 heterocycles. The van der Waals surface area contributed by atoms with Gasteiger partial charge in [0, 0.05) is 5.54 Å². The van der Waals surface area contributed by atoms with E-state index in [-0.39, 0.29) is 11.4 Å². The lowest BCUT2D eigenvalue weighted by molar-refractivity contribution is 0.290. The Bertz CT molecular complexity index is 593. The van der Waals surface area contributed by atoms with E-state index in [4.69, 9.17) is 10.5 Å². The summed E-state index contributed by atoms with van der Waals surface area (Å²) < 4.78 is 19.5. The van der Waals surface area contributed by atoms with Crippen molar-refractivity contribution in [3.63, 3.8) is 0 Å². The largest absolute Gasteiger partial charge is 0.486 e. The average molecular weight is 271 g/mol. The lowest BCUT2D eigenvalue weighted by atomic mass is 10.0. The maximum absolute atomic E-state index is 14.0. The molecule has 3 rings (SSSR count). The molecule has 1 aliphatic carbocycles. The van der Waals surface area contributed by atoms with Crippen LogP contribution >= 0.6 is 0 Å². The molecule has 2 nitrogen and oxygen atoms in total. The van der Waals surface area contributed by atoms with Gasteiger partial charge >= 0.3 is 0 Å². The van der Waals surface area contributed by atoms with E-state index in [1.54, 1.807) is 6.07 Å². The number of hydrogen-bond acceptors (Lipinski definition) is 2. The normalized spacial score (nSPS) is 15.9. The Labute approximate surface area is 118 Å². The van der Waals surface area contributed by atoms with Gasteiger partial charge in [0.25, 0.3) is 0 Å². The van der Waals surface area contributed by atoms with E-state index in [2.05, 4.69) is 0 Å². The molecule has 1 aliphatic rings. The van der Waals surface area contributed by atoms with Gasteiger partial charge in [0.05, 0.1) is 0 Å². The molecule has 1 fully saturated rings. The Balaban J connectivity index is 1.65. The van der Waals surface area contributed by atoms with Crippen molar-refractivity contribution in [2.24, 2.45) is 5.73 Å². The first kappa shape index (κ1) is 13.1. The van der Waals surface area contributed by atoms with Crippen LogP contribution in [0.15, 0.2) is 48.5 Å². The van der Waals surface area contributed by atoms with Crippen molar-refractivity contribution in [2.45, 2.75) is 31.4 Å². The van der Waals surface area contributed by atoms with Gasteiger partial charge < -0.3 is 10.5 Å². The van der Waals surface area contributed by atoms with E-state index in [1.807, 2.05) is 36.4 Å². The topological polar surface area (TPSA) is 35.2 Å². The molecule has 2 aromatic carbocycles. The molecule has 104 valence electrons. The summed E-state index contributed by atoms with van der Waals surface area (Å²) in [5.74, 6) is -0.0258. The molecular formula is C17H18FNO. The maximum Gasteiger partial charge on any atom is 0.165 e. The number of nitrogens with two attached hydrogens (primary N) is 1. The fourth-order valence-corrected chi connectivity index (χ4v) is 2.25. The number of ether oxygens (including phenoxy) is 1. The number of benzene rings is 2. The summed E-state index contributed by atoms with van der Waals surface area (Å²) in [5, 5.41) is 0. The van der Waals surface area contributed by atoms with E-state index in [1.165, 1.54) is 6.07 Å². The molecule has 0 aliphatic heterocycles. The van der Waals surface area contributed by atoms with Crippen molar-refractivity contribution in [1.29, 1.82) is 0 Å². The lowest BCUT2D eigenvalue weighted by Crippen LogP contribution is -2.24. The highest BCUT2D eigenvalue weighted by Crippen LogP contribution is 2.36. The molecule has 3 heteroatoms. The molecular weight excluding hydrogens is 253 g/mol. The highest BCUT2D eigenvalue weighted by molar-refractivity contribution is 5.31. The van der Waals surface area contributed by atoms with Gasteiger partial charge in [0.15, 0.2) is 11.6 Å². The summed E-state index contributed by atoms with van der Waals surface area (Å²) in [7, 11) is 0. The van der Waals surface area contributed by atoms with Gasteiger partial charge in [0.1, 0.15) is 6.61 Å². The summed E-state index contributed by atoms with van der Waals surface area (Å²) in [6.07, 6.45) is 2.80. The van der Waals surface area contributed by atoms with Crippen LogP contribution in [0.5, 0.6) is 5.75 Å². The summed E-state index contributed by atoms with van der Waals surface area (Å²) in [5.41, 5.74) is 7.91. The van der Waals surface area contributed by atoms with Crippen LogP contribution in [-0.2, 0) is 13.0 Å². The fraction of sp³-hybridized carbons (Fsp3) is 0.294. The monoisotopic (exact) mass is 271 g/mol. The second kappa shape index (κ2) is 5.25. The average Bonchev–Trinajstić information content (AvgIpc) is 3.16. The molecule has 0 aromatic heterocycles. The van der Waals surface area contributed by atoms with Crippen molar-refractivity contribution in [1.82, 2.24) is 0 Å². The smallest absolute Gasteiger partial charge is 0.165 e. The van der Waals surface area contributed by atoms with Crippen molar-refractivity contribution < 1.29 is 9.13 Å². The molecule has 0 atom stereocenters. The van der Waals surface area contributed by atoms with Crippen molar-refractivity contribution in [3.8, 4) is 5.75 Å². The molecule has 20 heavy (non-hydrogen) atoms. The zero-order valence-electron chi connectivity index (χ0n) is 11.3. The van der Waals surface area contributed by atoms with Crippen LogP contribution in [0.2, 0.25) is 0 Å². The van der Waals surface area contributed by atoms with E-state index in [9.17, 15) is 4.39 Å². The van der Waals surface area contributed by atoms with Crippen LogP contribution in [0.25, 0.3) is 0 Å². The second-order valence-electron chi connectivity index (χ2n) is 5.58. The first-order chi connectivity index (χ1) is 9.65. The Morgan fingerprint density at radius 3 is 2.45 bits per heavy atom. The van der Waals surface area contributed by atoms with E-state index in [0.29, 0.717) is 12.4 Å². The van der Waals surface area contributed by atoms with Crippen LogP contribution in [-0.4, -0.2) is 5.54 Å². The highest BCUT2D eigenvalue weighted by atomic mass is 19.1. The Morgan fingerprint density at radius 2 is 1.80 bits per heavy atom. The van der Waals surface area contributed by atoms with Gasteiger partial charge in [-0.2, -0.15) is 0 Å². The lowest BCUT2D eigenvalue weighted by Gasteiger charge is -2.11. The minimum Gasteiger partial charge on any atom is -0.486 e. The summed E-state index contributed by atoms with van der Waals surface area (Å²) >= 11 is 0. The molecule has 0 radical (unpaired) electrons. The second-order valence-corrected chi connectivity index (χ2v) is 5.58. The number of halogens is 1. The fourth-order valence-electron chi connectivity index (χ4n) is 2.25. The molecule has 1 saturated carbocycles. The quantitative estimate of drug-likeness (QED) is 0.904. The molecule has 0 unspecified atom stereocenters. The van der Waals surface area contributed by atoms with Gasteiger partial charge in [-0.15, -0.1) is 0 Å². The van der Waals surface area contributed by atoms with Crippen LogP contribution < -0.4 is 10.5 Å². The zero-order valence-corrected chi connectivity index (χ0v) is 11.3. The zero-order chi connectivity index (χ0) is 14.0. The molecule has 0 spiro atoms. The minimum atomic E-state index is -0.317. The number of hydrogen-bond donors (Lipinski definition) is 1. The maximum atomic E-state index is 14.0. The Morgan fingerprint density at radius 1 is 1.05 bits per heavy atom. The SMILES string of the molecule is NC1(Cc2ccc(OCc3ccccc3)c(F)c2)CC1. The van der Waals surface area contributed by atoms with Gasteiger partial charge in [-0.25, -0.2) is 4.39 Å². The van der Waals surface area contributed by atoms with E-state index < -0.39 is 0 Å². The molecule has 0 amide bonds. The summed E-state index contributed by atoms with van der Waals surface area (Å²) in [6, 6.07) is 14.9. The van der Waals surface area contributed by atoms with Gasteiger partial charge in [-0.05, 0) is 42.5 Å². The predicted molar refractivity (Wildman–Crippen MR) is 77.0 cm³/mol. The third-order valence-electron chi connectivity index (χ3n) is 3.68. The van der Waals surface area contributed by atoms with Crippen LogP contribution in [0, 0.1) is 5.82 Å². The third kappa shape index (κ3) is 3.17. The molecule has 2 aromatic rings. The van der Waals surface area contributed by atoms with Crippen LogP contribution in [0.3, 0.4) is 0 Å². The molecule has 2 N–H and O–H groups in total. The van der Waals surface area contributed by atoms with Crippen LogP contribution in [0.4, 0.5) is 4.39 Å². The molecule has 0 bridgehead atoms. The first-order valence-electron chi connectivity index (χ1n) is 6.89. The van der Waals surface area contributed by atoms with Crippen molar-refractivity contribution in [3.05, 3.63) is 65.5 Å². The van der Waals surface area contributed by atoms with Gasteiger partial charge in [-0.1, -0.05) is 36.4 Å². The predicted octanol–water partition coefficient (Wildman–Crippen LogP) is 3.44. The first-order valence-corrected chi connectivity index (χ1v) is 6.89. The van der Waals surface area contributed by atoms with E-state index in [0.717, 1.165) is 30.4 Å². The van der Waals surface area contributed by atoms with Crippen molar-refractivity contribution in [2.75, 3.05) is 0 Å². The summed E-state index contributed by atoms with van der Waals surface area (Å²) in [4.78, 5) is 0. The molecule has 0 saturated heterocycles. The number of rotatable bonds is 5. The van der Waals surface area contributed by atoms with E-state index >= 15 is 0 Å². The third-order valence-corrected chi connectivity index (χ3v) is 3.68. The standard InChI is InChI=1S/C17H18FNO/c18-15-10-14(11-17(19)8-9-17)6-7-16(15)20-12-13-4-2-1-3-5-13/h1-7,10H,8-9,11-12,19H2. The summed E-state index contributed by atoms with van der Waals surface area (Å²) in [6.45, 7) is 0.373. The van der Waals surface area contributed by atoms with Crippen molar-refractivity contribution >= 4 is 0 Å². The Kier molecular flexibility index (Phi) is 3.45. The minimum absolute atomic E-state index is 0.0984. The van der Waals surface area contributed by atoms with Gasteiger partial charge in [0.2, 0.25) is 0 Å². The Hall–Kier alpha value is -1.87. The van der Waals surface area contributed by atoms with Gasteiger partial charge in [-0.3, -0.25) is 0 Å². The van der Waals surface area contributed by atoms with Crippen LogP contribution in [0.1, 0.15) is 24.0 Å².